The van der Waals surface area contributed by atoms with Crippen LogP contribution in [0.4, 0.5) is 5.69 Å². The summed E-state index contributed by atoms with van der Waals surface area (Å²) in [5.74, 6) is -0.552. The number of rotatable bonds is 3. The van der Waals surface area contributed by atoms with Crippen LogP contribution in [0.3, 0.4) is 0 Å². The first-order chi connectivity index (χ1) is 9.66. The molecule has 20 heavy (non-hydrogen) atoms. The van der Waals surface area contributed by atoms with E-state index in [1.807, 2.05) is 6.07 Å². The molecule has 0 bridgehead atoms. The van der Waals surface area contributed by atoms with E-state index in [9.17, 15) is 9.59 Å². The molecule has 2 heterocycles. The monoisotopic (exact) mass is 287 g/mol. The number of fused-ring (bicyclic) bond motifs is 1. The number of anilines is 1. The van der Waals surface area contributed by atoms with E-state index in [0.29, 0.717) is 16.7 Å². The Kier molecular flexibility index (Phi) is 3.03. The van der Waals surface area contributed by atoms with Gasteiger partial charge in [-0.3, -0.25) is 9.59 Å². The molecule has 0 fully saturated rings. The van der Waals surface area contributed by atoms with E-state index < -0.39 is 5.91 Å². The van der Waals surface area contributed by atoms with Crippen LogP contribution >= 0.6 is 11.7 Å². The van der Waals surface area contributed by atoms with Crippen molar-refractivity contribution < 1.29 is 14.0 Å². The lowest BCUT2D eigenvalue weighted by Gasteiger charge is -2.02. The second-order valence-electron chi connectivity index (χ2n) is 4.11. The molecule has 3 aromatic rings. The van der Waals surface area contributed by atoms with Crippen LogP contribution in [0.2, 0.25) is 0 Å². The van der Waals surface area contributed by atoms with Crippen molar-refractivity contribution in [3.8, 4) is 0 Å². The molecule has 0 aliphatic rings. The lowest BCUT2D eigenvalue weighted by atomic mass is 10.2. The molecule has 1 amide bonds. The maximum absolute atomic E-state index is 12.0. The molecule has 1 aromatic carbocycles. The zero-order valence-electron chi connectivity index (χ0n) is 10.4. The van der Waals surface area contributed by atoms with Crippen LogP contribution in [0.1, 0.15) is 28.0 Å². The molecule has 3 rings (SSSR count). The van der Waals surface area contributed by atoms with Crippen LogP contribution in [-0.2, 0) is 0 Å². The van der Waals surface area contributed by atoms with Gasteiger partial charge in [0.15, 0.2) is 17.2 Å². The molecule has 0 unspecified atom stereocenters. The molecule has 0 spiro atoms. The lowest BCUT2D eigenvalue weighted by molar-refractivity contribution is 0.0990. The van der Waals surface area contributed by atoms with Gasteiger partial charge in [-0.05, 0) is 12.1 Å². The van der Waals surface area contributed by atoms with Crippen molar-refractivity contribution in [2.75, 3.05) is 5.32 Å². The maximum Gasteiger partial charge on any atom is 0.277 e. The molecule has 100 valence electrons. The van der Waals surface area contributed by atoms with E-state index in [-0.39, 0.29) is 17.2 Å². The summed E-state index contributed by atoms with van der Waals surface area (Å²) >= 11 is 0.943. The molecule has 0 aliphatic heterocycles. The number of amides is 1. The number of para-hydroxylation sites is 1. The first-order valence-corrected chi connectivity index (χ1v) is 6.51. The normalized spacial score (nSPS) is 10.7. The van der Waals surface area contributed by atoms with Crippen molar-refractivity contribution in [1.82, 2.24) is 8.75 Å². The Hall–Kier alpha value is -2.54. The van der Waals surface area contributed by atoms with Gasteiger partial charge in [-0.2, -0.15) is 8.75 Å². The summed E-state index contributed by atoms with van der Waals surface area (Å²) in [6.07, 6.45) is 1.37. The van der Waals surface area contributed by atoms with Crippen molar-refractivity contribution in [1.29, 1.82) is 0 Å². The molecule has 2 aromatic heterocycles. The Morgan fingerprint density at radius 2 is 2.10 bits per heavy atom. The summed E-state index contributed by atoms with van der Waals surface area (Å²) in [6.45, 7) is 1.39. The summed E-state index contributed by atoms with van der Waals surface area (Å²) in [5, 5.41) is 3.34. The van der Waals surface area contributed by atoms with Crippen LogP contribution in [-0.4, -0.2) is 20.4 Å². The van der Waals surface area contributed by atoms with Gasteiger partial charge in [0.2, 0.25) is 0 Å². The van der Waals surface area contributed by atoms with Crippen LogP contribution in [0.5, 0.6) is 0 Å². The van der Waals surface area contributed by atoms with Crippen LogP contribution in [0.25, 0.3) is 11.0 Å². The van der Waals surface area contributed by atoms with Crippen LogP contribution in [0, 0.1) is 0 Å². The fourth-order valence-electron chi connectivity index (χ4n) is 1.86. The van der Waals surface area contributed by atoms with E-state index in [1.165, 1.54) is 13.1 Å². The number of nitrogens with one attached hydrogen (secondary N) is 1. The second-order valence-corrected chi connectivity index (χ2v) is 4.66. The quantitative estimate of drug-likeness (QED) is 0.749. The highest BCUT2D eigenvalue weighted by Gasteiger charge is 2.20. The van der Waals surface area contributed by atoms with Gasteiger partial charge < -0.3 is 9.73 Å². The molecule has 0 aliphatic carbocycles. The van der Waals surface area contributed by atoms with Gasteiger partial charge in [0.05, 0.1) is 23.6 Å². The molecular formula is C13H9N3O3S. The number of nitrogens with zero attached hydrogens (tertiary/aromatic N) is 2. The highest BCUT2D eigenvalue weighted by Crippen LogP contribution is 2.31. The van der Waals surface area contributed by atoms with Gasteiger partial charge in [0.25, 0.3) is 5.91 Å². The molecule has 0 atom stereocenters. The minimum atomic E-state index is -0.423. The van der Waals surface area contributed by atoms with E-state index in [0.717, 1.165) is 11.7 Å². The fraction of sp³-hybridized carbons (Fsp3) is 0.0769. The third-order valence-corrected chi connectivity index (χ3v) is 3.23. The number of furan rings is 1. The van der Waals surface area contributed by atoms with Gasteiger partial charge in [-0.15, -0.1) is 0 Å². The van der Waals surface area contributed by atoms with Crippen molar-refractivity contribution in [3.05, 3.63) is 41.9 Å². The second kappa shape index (κ2) is 4.86. The van der Waals surface area contributed by atoms with E-state index in [2.05, 4.69) is 14.1 Å². The minimum absolute atomic E-state index is 0.128. The standard InChI is InChI=1S/C13H9N3O3S/c1-7(17)12-11(8-4-2-3-5-10(8)19-12)15-13(18)9-6-14-20-16-9/h2-6H,1H3,(H,15,18). The summed E-state index contributed by atoms with van der Waals surface area (Å²) in [4.78, 5) is 23.7. The number of aromatic nitrogens is 2. The van der Waals surface area contributed by atoms with Crippen LogP contribution in [0.15, 0.2) is 34.9 Å². The summed E-state index contributed by atoms with van der Waals surface area (Å²) in [6, 6.07) is 7.12. The SMILES string of the molecule is CC(=O)c1oc2ccccc2c1NC(=O)c1cnsn1. The molecule has 7 heteroatoms. The molecule has 0 saturated carbocycles. The van der Waals surface area contributed by atoms with Crippen LogP contribution < -0.4 is 5.32 Å². The summed E-state index contributed by atoms with van der Waals surface area (Å²) in [7, 11) is 0. The largest absolute Gasteiger partial charge is 0.451 e. The number of hydrogen-bond acceptors (Lipinski definition) is 6. The first-order valence-electron chi connectivity index (χ1n) is 5.78. The lowest BCUT2D eigenvalue weighted by Crippen LogP contribution is -2.13. The number of carbonyl (C=O) groups excluding carboxylic acids is 2. The average molecular weight is 287 g/mol. The number of hydrogen-bond donors (Lipinski definition) is 1. The van der Waals surface area contributed by atoms with Gasteiger partial charge in [0.1, 0.15) is 5.58 Å². The first kappa shape index (κ1) is 12.5. The zero-order valence-corrected chi connectivity index (χ0v) is 11.2. The Labute approximate surface area is 117 Å². The molecule has 0 saturated heterocycles. The number of carbonyl (C=O) groups is 2. The maximum atomic E-state index is 12.0. The highest BCUT2D eigenvalue weighted by molar-refractivity contribution is 6.99. The Balaban J connectivity index is 2.07. The van der Waals surface area contributed by atoms with Crippen molar-refractivity contribution in [2.24, 2.45) is 0 Å². The van der Waals surface area contributed by atoms with E-state index in [4.69, 9.17) is 4.42 Å². The Morgan fingerprint density at radius 3 is 2.80 bits per heavy atom. The summed E-state index contributed by atoms with van der Waals surface area (Å²) < 4.78 is 13.1. The molecule has 1 N–H and O–H groups in total. The fourth-order valence-corrected chi connectivity index (χ4v) is 2.27. The van der Waals surface area contributed by atoms with E-state index in [1.54, 1.807) is 18.2 Å². The smallest absolute Gasteiger partial charge is 0.277 e. The number of Topliss-reactive ketones (excluding diaryl/α,β-unsaturated/α-hetero) is 1. The topological polar surface area (TPSA) is 85.1 Å². The molecule has 6 nitrogen and oxygen atoms in total. The van der Waals surface area contributed by atoms with Gasteiger partial charge >= 0.3 is 0 Å². The van der Waals surface area contributed by atoms with Crippen molar-refractivity contribution in [2.45, 2.75) is 6.92 Å². The third-order valence-electron chi connectivity index (χ3n) is 2.75. The predicted molar refractivity (Wildman–Crippen MR) is 74.1 cm³/mol. The van der Waals surface area contributed by atoms with Gasteiger partial charge in [-0.25, -0.2) is 0 Å². The Morgan fingerprint density at radius 1 is 1.30 bits per heavy atom. The average Bonchev–Trinajstić information content (AvgIpc) is 3.06. The molecule has 0 radical (unpaired) electrons. The molecular weight excluding hydrogens is 278 g/mol. The minimum Gasteiger partial charge on any atom is -0.451 e. The van der Waals surface area contributed by atoms with Crippen molar-refractivity contribution in [3.63, 3.8) is 0 Å². The van der Waals surface area contributed by atoms with Gasteiger partial charge in [0, 0.05) is 12.3 Å². The van der Waals surface area contributed by atoms with Gasteiger partial charge in [-0.1, -0.05) is 12.1 Å². The number of ketones is 1. The Bertz CT molecular complexity index is 792. The third kappa shape index (κ3) is 2.08. The summed E-state index contributed by atoms with van der Waals surface area (Å²) in [5.41, 5.74) is 1.12. The highest BCUT2D eigenvalue weighted by atomic mass is 32.1. The predicted octanol–water partition coefficient (Wildman–Crippen LogP) is 2.74. The van der Waals surface area contributed by atoms with Crippen molar-refractivity contribution >= 4 is 40.1 Å². The van der Waals surface area contributed by atoms with E-state index >= 15 is 0 Å². The number of benzene rings is 1. The zero-order chi connectivity index (χ0) is 14.1.